The average molecular weight is 499 g/mol. The molecular formula is C16H13Br3ClF. The second kappa shape index (κ2) is 7.58. The summed E-state index contributed by atoms with van der Waals surface area (Å²) in [7, 11) is 0. The summed E-state index contributed by atoms with van der Waals surface area (Å²) < 4.78 is 14.4. The Balaban J connectivity index is 2.37. The fourth-order valence-corrected chi connectivity index (χ4v) is 4.67. The summed E-state index contributed by atoms with van der Waals surface area (Å²) in [4.78, 5) is 0. The number of hydrogen-bond donors (Lipinski definition) is 0. The molecule has 2 aromatic carbocycles. The summed E-state index contributed by atoms with van der Waals surface area (Å²) in [5, 5.41) is 1.75. The molecule has 0 aromatic heterocycles. The third-order valence-corrected chi connectivity index (χ3v) is 6.46. The van der Waals surface area contributed by atoms with E-state index in [1.165, 1.54) is 11.6 Å². The lowest BCUT2D eigenvalue weighted by atomic mass is 9.79. The van der Waals surface area contributed by atoms with Crippen molar-refractivity contribution >= 4 is 59.4 Å². The minimum atomic E-state index is -0.382. The first-order chi connectivity index (χ1) is 10.0. The SMILES string of the molecule is Fc1ccc(CC(CBr)(CBr)c2ccc(Br)cc2)cc1Cl. The van der Waals surface area contributed by atoms with Crippen LogP contribution in [0.2, 0.25) is 5.02 Å². The molecule has 0 bridgehead atoms. The quantitative estimate of drug-likeness (QED) is 0.412. The third kappa shape index (κ3) is 4.10. The zero-order valence-electron chi connectivity index (χ0n) is 11.1. The van der Waals surface area contributed by atoms with Crippen LogP contribution >= 0.6 is 59.4 Å². The molecule has 0 spiro atoms. The van der Waals surface area contributed by atoms with Gasteiger partial charge in [-0.2, -0.15) is 0 Å². The number of alkyl halides is 2. The van der Waals surface area contributed by atoms with E-state index in [-0.39, 0.29) is 16.3 Å². The summed E-state index contributed by atoms with van der Waals surface area (Å²) >= 11 is 16.6. The molecule has 0 fully saturated rings. The minimum Gasteiger partial charge on any atom is -0.205 e. The Morgan fingerprint density at radius 2 is 1.62 bits per heavy atom. The Kier molecular flexibility index (Phi) is 6.30. The molecule has 0 aliphatic heterocycles. The molecule has 0 nitrogen and oxygen atoms in total. The van der Waals surface area contributed by atoms with Crippen molar-refractivity contribution in [1.82, 2.24) is 0 Å². The van der Waals surface area contributed by atoms with Crippen LogP contribution in [0.25, 0.3) is 0 Å². The van der Waals surface area contributed by atoms with Crippen molar-refractivity contribution in [3.8, 4) is 0 Å². The van der Waals surface area contributed by atoms with Crippen LogP contribution in [0.5, 0.6) is 0 Å². The van der Waals surface area contributed by atoms with Crippen molar-refractivity contribution in [2.75, 3.05) is 10.7 Å². The molecule has 0 heterocycles. The van der Waals surface area contributed by atoms with E-state index in [1.807, 2.05) is 12.1 Å². The summed E-state index contributed by atoms with van der Waals surface area (Å²) in [5.41, 5.74) is 2.13. The monoisotopic (exact) mass is 496 g/mol. The molecule has 0 radical (unpaired) electrons. The Labute approximate surface area is 154 Å². The van der Waals surface area contributed by atoms with Crippen LogP contribution in [-0.4, -0.2) is 10.7 Å². The molecule has 2 rings (SSSR count). The fraction of sp³-hybridized carbons (Fsp3) is 0.250. The van der Waals surface area contributed by atoms with Gasteiger partial charge in [0.15, 0.2) is 0 Å². The van der Waals surface area contributed by atoms with Crippen LogP contribution in [0.3, 0.4) is 0 Å². The van der Waals surface area contributed by atoms with Gasteiger partial charge in [-0.05, 0) is 41.8 Å². The molecule has 112 valence electrons. The molecule has 0 atom stereocenters. The molecule has 0 aliphatic carbocycles. The van der Waals surface area contributed by atoms with Gasteiger partial charge in [0.25, 0.3) is 0 Å². The van der Waals surface area contributed by atoms with Gasteiger partial charge in [-0.3, -0.25) is 0 Å². The largest absolute Gasteiger partial charge is 0.205 e. The Morgan fingerprint density at radius 1 is 1.00 bits per heavy atom. The maximum atomic E-state index is 13.3. The van der Waals surface area contributed by atoms with Crippen molar-refractivity contribution in [3.63, 3.8) is 0 Å². The maximum absolute atomic E-state index is 13.3. The van der Waals surface area contributed by atoms with Gasteiger partial charge in [0.1, 0.15) is 5.82 Å². The highest BCUT2D eigenvalue weighted by atomic mass is 79.9. The molecule has 0 unspecified atom stereocenters. The Hall–Kier alpha value is 0.1000. The minimum absolute atomic E-state index is 0.109. The van der Waals surface area contributed by atoms with Gasteiger partial charge in [0.05, 0.1) is 5.02 Å². The predicted molar refractivity (Wildman–Crippen MR) is 98.5 cm³/mol. The van der Waals surface area contributed by atoms with Crippen LogP contribution in [-0.2, 0) is 11.8 Å². The van der Waals surface area contributed by atoms with Crippen LogP contribution in [0.4, 0.5) is 4.39 Å². The zero-order chi connectivity index (χ0) is 15.5. The lowest BCUT2D eigenvalue weighted by Crippen LogP contribution is -2.33. The highest BCUT2D eigenvalue weighted by Gasteiger charge is 2.30. The summed E-state index contributed by atoms with van der Waals surface area (Å²) in [5.74, 6) is -0.382. The number of rotatable bonds is 5. The lowest BCUT2D eigenvalue weighted by Gasteiger charge is -2.31. The standard InChI is InChI=1S/C16H13Br3ClF/c17-9-16(10-18,12-2-4-13(19)5-3-12)8-11-1-6-15(21)14(20)7-11/h1-7H,8-10H2. The van der Waals surface area contributed by atoms with Crippen LogP contribution < -0.4 is 0 Å². The molecule has 0 aliphatic rings. The normalized spacial score (nSPS) is 11.7. The van der Waals surface area contributed by atoms with Crippen LogP contribution in [0, 0.1) is 5.82 Å². The van der Waals surface area contributed by atoms with Gasteiger partial charge in [-0.15, -0.1) is 0 Å². The lowest BCUT2D eigenvalue weighted by molar-refractivity contribution is 0.549. The van der Waals surface area contributed by atoms with E-state index in [1.54, 1.807) is 12.1 Å². The topological polar surface area (TPSA) is 0 Å². The van der Waals surface area contributed by atoms with E-state index in [9.17, 15) is 4.39 Å². The van der Waals surface area contributed by atoms with Gasteiger partial charge in [0, 0.05) is 20.5 Å². The molecule has 0 N–H and O–H groups in total. The third-order valence-electron chi connectivity index (χ3n) is 3.49. The second-order valence-electron chi connectivity index (χ2n) is 4.98. The van der Waals surface area contributed by atoms with Crippen LogP contribution in [0.1, 0.15) is 11.1 Å². The van der Waals surface area contributed by atoms with E-state index in [0.29, 0.717) is 0 Å². The fourth-order valence-electron chi connectivity index (χ4n) is 2.23. The smallest absolute Gasteiger partial charge is 0.141 e. The molecule has 2 aromatic rings. The summed E-state index contributed by atoms with van der Waals surface area (Å²) in [6, 6.07) is 13.2. The summed E-state index contributed by atoms with van der Waals surface area (Å²) in [6.45, 7) is 0. The Bertz CT molecular complexity index is 609. The molecule has 0 amide bonds. The first-order valence-electron chi connectivity index (χ1n) is 6.33. The Morgan fingerprint density at radius 3 is 2.14 bits per heavy atom. The van der Waals surface area contributed by atoms with E-state index in [0.717, 1.165) is 27.1 Å². The van der Waals surface area contributed by atoms with Crippen molar-refractivity contribution in [2.45, 2.75) is 11.8 Å². The van der Waals surface area contributed by atoms with Crippen molar-refractivity contribution < 1.29 is 4.39 Å². The highest BCUT2D eigenvalue weighted by molar-refractivity contribution is 9.10. The van der Waals surface area contributed by atoms with Crippen molar-refractivity contribution in [2.24, 2.45) is 0 Å². The maximum Gasteiger partial charge on any atom is 0.141 e. The first-order valence-corrected chi connectivity index (χ1v) is 9.74. The molecule has 21 heavy (non-hydrogen) atoms. The molecular weight excluding hydrogens is 486 g/mol. The van der Waals surface area contributed by atoms with Crippen molar-refractivity contribution in [1.29, 1.82) is 0 Å². The van der Waals surface area contributed by atoms with Crippen molar-refractivity contribution in [3.05, 3.63) is 68.9 Å². The molecule has 0 saturated heterocycles. The predicted octanol–water partition coefficient (Wildman–Crippen LogP) is 6.51. The number of hydrogen-bond acceptors (Lipinski definition) is 0. The van der Waals surface area contributed by atoms with Gasteiger partial charge < -0.3 is 0 Å². The van der Waals surface area contributed by atoms with E-state index >= 15 is 0 Å². The van der Waals surface area contributed by atoms with Gasteiger partial charge in [-0.25, -0.2) is 4.39 Å². The molecule has 0 saturated carbocycles. The van der Waals surface area contributed by atoms with Gasteiger partial charge >= 0.3 is 0 Å². The number of benzene rings is 2. The van der Waals surface area contributed by atoms with Gasteiger partial charge in [0.2, 0.25) is 0 Å². The van der Waals surface area contributed by atoms with Gasteiger partial charge in [-0.1, -0.05) is 77.6 Å². The zero-order valence-corrected chi connectivity index (χ0v) is 16.6. The highest BCUT2D eigenvalue weighted by Crippen LogP contribution is 2.34. The van der Waals surface area contributed by atoms with E-state index < -0.39 is 0 Å². The number of halogens is 5. The second-order valence-corrected chi connectivity index (χ2v) is 7.42. The van der Waals surface area contributed by atoms with E-state index in [2.05, 4.69) is 59.9 Å². The average Bonchev–Trinajstić information content (AvgIpc) is 2.49. The van der Waals surface area contributed by atoms with Crippen LogP contribution in [0.15, 0.2) is 46.9 Å². The first kappa shape index (κ1) is 17.5. The van der Waals surface area contributed by atoms with E-state index in [4.69, 9.17) is 11.6 Å². The molecule has 5 heteroatoms. The summed E-state index contributed by atoms with van der Waals surface area (Å²) in [6.07, 6.45) is 0.769.